The van der Waals surface area contributed by atoms with E-state index in [9.17, 15) is 9.59 Å². The molecule has 0 fully saturated rings. The van der Waals surface area contributed by atoms with E-state index in [1.165, 1.54) is 7.05 Å². The molecule has 0 atom stereocenters. The number of ether oxygens (including phenoxy) is 1. The van der Waals surface area contributed by atoms with Crippen molar-refractivity contribution in [3.05, 3.63) is 29.8 Å². The van der Waals surface area contributed by atoms with E-state index >= 15 is 0 Å². The molecule has 0 radical (unpaired) electrons. The van der Waals surface area contributed by atoms with Crippen molar-refractivity contribution in [2.24, 2.45) is 5.84 Å². The van der Waals surface area contributed by atoms with E-state index in [-0.39, 0.29) is 18.4 Å². The fourth-order valence-corrected chi connectivity index (χ4v) is 1.01. The Morgan fingerprint density at radius 3 is 2.44 bits per heavy atom. The number of nitrogen functional groups attached to an aromatic ring is 1. The minimum atomic E-state index is -0.377. The minimum Gasteiger partial charge on any atom is -0.484 e. The Morgan fingerprint density at radius 1 is 1.31 bits per heavy atom. The lowest BCUT2D eigenvalue weighted by Crippen LogP contribution is -2.29. The van der Waals surface area contributed by atoms with Gasteiger partial charge in [-0.1, -0.05) is 0 Å². The average Bonchev–Trinajstić information content (AvgIpc) is 2.35. The normalized spacial score (nSPS) is 9.38. The van der Waals surface area contributed by atoms with Gasteiger partial charge in [-0.15, -0.1) is 0 Å². The number of carbonyl (C=O) groups is 2. The fourth-order valence-electron chi connectivity index (χ4n) is 1.01. The molecule has 0 saturated heterocycles. The van der Waals surface area contributed by atoms with Crippen LogP contribution in [0.1, 0.15) is 10.4 Å². The van der Waals surface area contributed by atoms with Crippen LogP contribution in [0.5, 0.6) is 5.75 Å². The van der Waals surface area contributed by atoms with Gasteiger partial charge < -0.3 is 10.1 Å². The number of nitrogens with one attached hydrogen (secondary N) is 2. The zero-order valence-corrected chi connectivity index (χ0v) is 8.82. The van der Waals surface area contributed by atoms with Crippen LogP contribution in [0.25, 0.3) is 0 Å². The molecule has 0 spiro atoms. The van der Waals surface area contributed by atoms with E-state index in [0.29, 0.717) is 11.3 Å². The van der Waals surface area contributed by atoms with Crippen LogP contribution in [0.15, 0.2) is 24.3 Å². The third-order valence-corrected chi connectivity index (χ3v) is 1.90. The van der Waals surface area contributed by atoms with Crippen LogP contribution in [0.3, 0.4) is 0 Å². The molecular weight excluding hydrogens is 210 g/mol. The van der Waals surface area contributed by atoms with Crippen molar-refractivity contribution in [3.63, 3.8) is 0 Å². The number of nitrogens with two attached hydrogens (primary N) is 1. The first-order valence-corrected chi connectivity index (χ1v) is 4.61. The predicted molar refractivity (Wildman–Crippen MR) is 57.7 cm³/mol. The van der Waals surface area contributed by atoms with E-state index in [1.54, 1.807) is 24.3 Å². The molecular formula is C10H13N3O3. The summed E-state index contributed by atoms with van der Waals surface area (Å²) >= 11 is 0. The summed E-state index contributed by atoms with van der Waals surface area (Å²) in [6.45, 7) is -0.0566. The van der Waals surface area contributed by atoms with Crippen LogP contribution in [0, 0.1) is 0 Å². The third kappa shape index (κ3) is 3.25. The number of rotatable bonds is 4. The molecule has 0 bridgehead atoms. The monoisotopic (exact) mass is 223 g/mol. The van der Waals surface area contributed by atoms with Gasteiger partial charge in [0, 0.05) is 12.6 Å². The van der Waals surface area contributed by atoms with Gasteiger partial charge in [0.2, 0.25) is 0 Å². The Balaban J connectivity index is 2.58. The first-order chi connectivity index (χ1) is 7.67. The van der Waals surface area contributed by atoms with Crippen molar-refractivity contribution < 1.29 is 14.3 Å². The molecule has 6 nitrogen and oxygen atoms in total. The molecule has 86 valence electrons. The maximum absolute atomic E-state index is 11.1. The van der Waals surface area contributed by atoms with Crippen LogP contribution in [0.2, 0.25) is 0 Å². The molecule has 0 aliphatic rings. The maximum Gasteiger partial charge on any atom is 0.265 e. The number of hydrogen-bond acceptors (Lipinski definition) is 4. The second-order valence-electron chi connectivity index (χ2n) is 2.96. The largest absolute Gasteiger partial charge is 0.484 e. The molecule has 16 heavy (non-hydrogen) atoms. The lowest BCUT2D eigenvalue weighted by Gasteiger charge is -2.05. The number of likely N-dealkylation sites (N-methyl/N-ethyl adjacent to an activating group) is 1. The SMILES string of the molecule is CNC(=O)COc1ccc(C(=O)NN)cc1. The first-order valence-electron chi connectivity index (χ1n) is 4.61. The van der Waals surface area contributed by atoms with Crippen LogP contribution in [-0.4, -0.2) is 25.5 Å². The summed E-state index contributed by atoms with van der Waals surface area (Å²) < 4.78 is 5.15. The highest BCUT2D eigenvalue weighted by Gasteiger charge is 2.04. The molecule has 0 aliphatic heterocycles. The molecule has 6 heteroatoms. The van der Waals surface area contributed by atoms with Crippen molar-refractivity contribution in [3.8, 4) is 5.75 Å². The van der Waals surface area contributed by atoms with Crippen LogP contribution in [0.4, 0.5) is 0 Å². The summed E-state index contributed by atoms with van der Waals surface area (Å²) in [5.41, 5.74) is 2.44. The van der Waals surface area contributed by atoms with Crippen molar-refractivity contribution in [1.82, 2.24) is 10.7 Å². The number of hydrogen-bond donors (Lipinski definition) is 3. The molecule has 2 amide bonds. The quantitative estimate of drug-likeness (QED) is 0.361. The topological polar surface area (TPSA) is 93.4 Å². The Morgan fingerprint density at radius 2 is 1.94 bits per heavy atom. The van der Waals surface area contributed by atoms with Crippen molar-refractivity contribution >= 4 is 11.8 Å². The Labute approximate surface area is 92.7 Å². The predicted octanol–water partition coefficient (Wildman–Crippen LogP) is -0.585. The summed E-state index contributed by atoms with van der Waals surface area (Å²) in [6.07, 6.45) is 0. The lowest BCUT2D eigenvalue weighted by molar-refractivity contribution is -0.122. The molecule has 1 rings (SSSR count). The summed E-state index contributed by atoms with van der Waals surface area (Å²) in [7, 11) is 1.53. The van der Waals surface area contributed by atoms with Gasteiger partial charge in [-0.2, -0.15) is 0 Å². The smallest absolute Gasteiger partial charge is 0.265 e. The zero-order valence-electron chi connectivity index (χ0n) is 8.82. The molecule has 0 saturated carbocycles. The molecule has 0 aliphatic carbocycles. The van der Waals surface area contributed by atoms with Gasteiger partial charge in [0.15, 0.2) is 6.61 Å². The number of benzene rings is 1. The molecule has 1 aromatic rings. The number of amides is 2. The standard InChI is InChI=1S/C10H13N3O3/c1-12-9(14)6-16-8-4-2-7(3-5-8)10(15)13-11/h2-5H,6,11H2,1H3,(H,12,14)(H,13,15). The highest BCUT2D eigenvalue weighted by atomic mass is 16.5. The summed E-state index contributed by atoms with van der Waals surface area (Å²) in [4.78, 5) is 22.0. The van der Waals surface area contributed by atoms with Gasteiger partial charge in [-0.05, 0) is 24.3 Å². The van der Waals surface area contributed by atoms with Gasteiger partial charge >= 0.3 is 0 Å². The van der Waals surface area contributed by atoms with E-state index in [4.69, 9.17) is 10.6 Å². The highest BCUT2D eigenvalue weighted by molar-refractivity contribution is 5.93. The summed E-state index contributed by atoms with van der Waals surface area (Å²) in [6, 6.07) is 6.30. The average molecular weight is 223 g/mol. The van der Waals surface area contributed by atoms with Gasteiger partial charge in [0.1, 0.15) is 5.75 Å². The first kappa shape index (κ1) is 12.0. The minimum absolute atomic E-state index is 0.0566. The Hall–Kier alpha value is -2.08. The molecule has 0 heterocycles. The Bertz CT molecular complexity index is 375. The fraction of sp³-hybridized carbons (Fsp3) is 0.200. The molecule has 0 unspecified atom stereocenters. The summed E-state index contributed by atoms with van der Waals surface area (Å²) in [5.74, 6) is 4.89. The van der Waals surface area contributed by atoms with Crippen molar-refractivity contribution in [2.75, 3.05) is 13.7 Å². The lowest BCUT2D eigenvalue weighted by atomic mass is 10.2. The van der Waals surface area contributed by atoms with Crippen LogP contribution in [-0.2, 0) is 4.79 Å². The van der Waals surface area contributed by atoms with Gasteiger partial charge in [0.05, 0.1) is 0 Å². The third-order valence-electron chi connectivity index (χ3n) is 1.90. The van der Waals surface area contributed by atoms with Gasteiger partial charge in [-0.25, -0.2) is 5.84 Å². The van der Waals surface area contributed by atoms with E-state index in [1.807, 2.05) is 5.43 Å². The van der Waals surface area contributed by atoms with E-state index in [2.05, 4.69) is 5.32 Å². The Kier molecular flexibility index (Phi) is 4.28. The highest BCUT2D eigenvalue weighted by Crippen LogP contribution is 2.11. The second-order valence-corrected chi connectivity index (χ2v) is 2.96. The molecule has 0 aromatic heterocycles. The van der Waals surface area contributed by atoms with Crippen molar-refractivity contribution in [2.45, 2.75) is 0 Å². The summed E-state index contributed by atoms with van der Waals surface area (Å²) in [5, 5.41) is 2.43. The maximum atomic E-state index is 11.1. The van der Waals surface area contributed by atoms with Gasteiger partial charge in [-0.3, -0.25) is 15.0 Å². The van der Waals surface area contributed by atoms with Crippen molar-refractivity contribution in [1.29, 1.82) is 0 Å². The van der Waals surface area contributed by atoms with E-state index < -0.39 is 0 Å². The number of carbonyl (C=O) groups excluding carboxylic acids is 2. The zero-order chi connectivity index (χ0) is 12.0. The molecule has 4 N–H and O–H groups in total. The molecule has 1 aromatic carbocycles. The number of hydrazine groups is 1. The second kappa shape index (κ2) is 5.72. The van der Waals surface area contributed by atoms with Crippen LogP contribution >= 0.6 is 0 Å². The van der Waals surface area contributed by atoms with Gasteiger partial charge in [0.25, 0.3) is 11.8 Å². The van der Waals surface area contributed by atoms with E-state index in [0.717, 1.165) is 0 Å². The van der Waals surface area contributed by atoms with Crippen LogP contribution < -0.4 is 21.3 Å².